The third-order valence-electron chi connectivity index (χ3n) is 4.43. The zero-order valence-corrected chi connectivity index (χ0v) is 16.4. The summed E-state index contributed by atoms with van der Waals surface area (Å²) in [5.41, 5.74) is 1.19. The molecule has 8 nitrogen and oxygen atoms in total. The number of rotatable bonds is 8. The van der Waals surface area contributed by atoms with Crippen molar-refractivity contribution in [1.29, 1.82) is 0 Å². The predicted molar refractivity (Wildman–Crippen MR) is 100 cm³/mol. The molecule has 0 aliphatic heterocycles. The highest BCUT2D eigenvalue weighted by atomic mass is 16.5. The maximum absolute atomic E-state index is 12.5. The molecule has 2 aromatic rings. The van der Waals surface area contributed by atoms with Crippen molar-refractivity contribution >= 4 is 17.8 Å². The molecule has 0 saturated heterocycles. The van der Waals surface area contributed by atoms with Crippen LogP contribution in [0, 0.1) is 12.8 Å². The number of ether oxygens (including phenoxy) is 2. The molecule has 0 aliphatic carbocycles. The van der Waals surface area contributed by atoms with E-state index in [1.807, 2.05) is 32.0 Å². The Kier molecular flexibility index (Phi) is 7.31. The lowest BCUT2D eigenvalue weighted by Gasteiger charge is -2.21. The Morgan fingerprint density at radius 1 is 1.21 bits per heavy atom. The minimum atomic E-state index is -0.807. The van der Waals surface area contributed by atoms with E-state index < -0.39 is 30.5 Å². The van der Waals surface area contributed by atoms with Gasteiger partial charge in [-0.3, -0.25) is 4.79 Å². The van der Waals surface area contributed by atoms with E-state index in [4.69, 9.17) is 14.0 Å². The van der Waals surface area contributed by atoms with Crippen molar-refractivity contribution in [2.45, 2.75) is 33.2 Å². The van der Waals surface area contributed by atoms with E-state index in [-0.39, 0.29) is 17.2 Å². The Morgan fingerprint density at radius 2 is 1.89 bits per heavy atom. The third kappa shape index (κ3) is 4.97. The minimum Gasteiger partial charge on any atom is -0.467 e. The van der Waals surface area contributed by atoms with Gasteiger partial charge in [0, 0.05) is 5.56 Å². The van der Waals surface area contributed by atoms with Crippen LogP contribution < -0.4 is 5.32 Å². The van der Waals surface area contributed by atoms with Crippen LogP contribution in [0.15, 0.2) is 34.9 Å². The van der Waals surface area contributed by atoms with E-state index in [9.17, 15) is 14.4 Å². The summed E-state index contributed by atoms with van der Waals surface area (Å²) in [7, 11) is 1.25. The summed E-state index contributed by atoms with van der Waals surface area (Å²) in [6.45, 7) is 4.76. The van der Waals surface area contributed by atoms with Crippen molar-refractivity contribution in [3.63, 3.8) is 0 Å². The molecule has 1 heterocycles. The van der Waals surface area contributed by atoms with Gasteiger partial charge < -0.3 is 19.3 Å². The molecule has 1 aromatic heterocycles. The van der Waals surface area contributed by atoms with Gasteiger partial charge in [-0.25, -0.2) is 9.59 Å². The lowest BCUT2D eigenvalue weighted by Crippen LogP contribution is -2.47. The molecule has 0 fully saturated rings. The van der Waals surface area contributed by atoms with E-state index in [0.717, 1.165) is 0 Å². The molecular formula is C20H24N2O6. The van der Waals surface area contributed by atoms with Crippen LogP contribution in [-0.4, -0.2) is 42.8 Å². The van der Waals surface area contributed by atoms with E-state index in [1.165, 1.54) is 7.11 Å². The number of methoxy groups -OCH3 is 1. The van der Waals surface area contributed by atoms with Gasteiger partial charge >= 0.3 is 11.9 Å². The fraction of sp³-hybridized carbons (Fsp3) is 0.400. The SMILES string of the molecule is CC[C@@H](C)[C@H](NC(=O)COC(=O)c1c(-c2ccccc2)noc1C)C(=O)OC. The van der Waals surface area contributed by atoms with E-state index >= 15 is 0 Å². The van der Waals surface area contributed by atoms with Gasteiger partial charge in [0.1, 0.15) is 23.1 Å². The molecule has 2 atom stereocenters. The van der Waals surface area contributed by atoms with Crippen LogP contribution in [0.5, 0.6) is 0 Å². The molecule has 2 rings (SSSR count). The third-order valence-corrected chi connectivity index (χ3v) is 4.43. The molecule has 8 heteroatoms. The molecule has 1 amide bonds. The zero-order chi connectivity index (χ0) is 20.7. The first-order valence-electron chi connectivity index (χ1n) is 8.95. The number of benzene rings is 1. The molecular weight excluding hydrogens is 364 g/mol. The zero-order valence-electron chi connectivity index (χ0n) is 16.4. The van der Waals surface area contributed by atoms with Crippen molar-refractivity contribution in [2.75, 3.05) is 13.7 Å². The summed E-state index contributed by atoms with van der Waals surface area (Å²) in [4.78, 5) is 36.5. The van der Waals surface area contributed by atoms with E-state index in [0.29, 0.717) is 17.7 Å². The summed E-state index contributed by atoms with van der Waals surface area (Å²) in [5.74, 6) is -1.71. The lowest BCUT2D eigenvalue weighted by atomic mass is 9.99. The Hall–Kier alpha value is -3.16. The normalized spacial score (nSPS) is 12.7. The summed E-state index contributed by atoms with van der Waals surface area (Å²) in [6, 6.07) is 8.22. The van der Waals surface area contributed by atoms with Crippen LogP contribution in [0.1, 0.15) is 36.4 Å². The maximum Gasteiger partial charge on any atom is 0.344 e. The highest BCUT2D eigenvalue weighted by Gasteiger charge is 2.28. The number of nitrogens with zero attached hydrogens (tertiary/aromatic N) is 1. The second-order valence-corrected chi connectivity index (χ2v) is 6.36. The fourth-order valence-electron chi connectivity index (χ4n) is 2.62. The van der Waals surface area contributed by atoms with E-state index in [1.54, 1.807) is 19.1 Å². The van der Waals surface area contributed by atoms with Gasteiger partial charge in [0.25, 0.3) is 5.91 Å². The first kappa shape index (κ1) is 21.1. The smallest absolute Gasteiger partial charge is 0.344 e. The van der Waals surface area contributed by atoms with E-state index in [2.05, 4.69) is 10.5 Å². The van der Waals surface area contributed by atoms with Crippen LogP contribution in [0.25, 0.3) is 11.3 Å². The summed E-state index contributed by atoms with van der Waals surface area (Å²) >= 11 is 0. The Morgan fingerprint density at radius 3 is 2.50 bits per heavy atom. The van der Waals surface area contributed by atoms with Crippen LogP contribution in [0.3, 0.4) is 0 Å². The second-order valence-electron chi connectivity index (χ2n) is 6.36. The number of amides is 1. The number of esters is 2. The molecule has 0 radical (unpaired) electrons. The van der Waals surface area contributed by atoms with Gasteiger partial charge in [0.05, 0.1) is 7.11 Å². The van der Waals surface area contributed by atoms with Crippen LogP contribution in [-0.2, 0) is 19.1 Å². The van der Waals surface area contributed by atoms with Gasteiger partial charge in [-0.15, -0.1) is 0 Å². The van der Waals surface area contributed by atoms with Crippen molar-refractivity contribution in [1.82, 2.24) is 10.5 Å². The topological polar surface area (TPSA) is 108 Å². The standard InChI is InChI=1S/C20H24N2O6/c1-5-12(2)17(20(25)26-4)21-15(23)11-27-19(24)16-13(3)28-22-18(16)14-9-7-6-8-10-14/h6-10,12,17H,5,11H2,1-4H3,(H,21,23)/t12-,17+/m1/s1. The second kappa shape index (κ2) is 9.68. The number of aryl methyl sites for hydroxylation is 1. The molecule has 28 heavy (non-hydrogen) atoms. The van der Waals surface area contributed by atoms with Crippen LogP contribution in [0.2, 0.25) is 0 Å². The molecule has 0 unspecified atom stereocenters. The molecule has 0 bridgehead atoms. The van der Waals surface area contributed by atoms with Crippen LogP contribution >= 0.6 is 0 Å². The van der Waals surface area contributed by atoms with Crippen LogP contribution in [0.4, 0.5) is 0 Å². The molecule has 1 N–H and O–H groups in total. The summed E-state index contributed by atoms with van der Waals surface area (Å²) < 4.78 is 15.0. The quantitative estimate of drug-likeness (QED) is 0.692. The number of carbonyl (C=O) groups excluding carboxylic acids is 3. The molecule has 0 spiro atoms. The largest absolute Gasteiger partial charge is 0.467 e. The highest BCUT2D eigenvalue weighted by molar-refractivity contribution is 5.98. The number of hydrogen-bond donors (Lipinski definition) is 1. The highest BCUT2D eigenvalue weighted by Crippen LogP contribution is 2.25. The van der Waals surface area contributed by atoms with Gasteiger partial charge in [0.15, 0.2) is 6.61 Å². The maximum atomic E-state index is 12.5. The number of aromatic nitrogens is 1. The number of nitrogens with one attached hydrogen (secondary N) is 1. The molecule has 0 saturated carbocycles. The Labute approximate surface area is 163 Å². The average Bonchev–Trinajstić information content (AvgIpc) is 3.11. The number of carbonyl (C=O) groups is 3. The Bertz CT molecular complexity index is 830. The Balaban J connectivity index is 2.05. The number of hydrogen-bond acceptors (Lipinski definition) is 7. The summed E-state index contributed by atoms with van der Waals surface area (Å²) in [6.07, 6.45) is 0.667. The first-order valence-corrected chi connectivity index (χ1v) is 8.95. The monoisotopic (exact) mass is 388 g/mol. The van der Waals surface area contributed by atoms with Gasteiger partial charge in [-0.05, 0) is 12.8 Å². The van der Waals surface area contributed by atoms with Gasteiger partial charge in [0.2, 0.25) is 0 Å². The van der Waals surface area contributed by atoms with Crippen molar-refractivity contribution in [2.24, 2.45) is 5.92 Å². The molecule has 0 aliphatic rings. The predicted octanol–water partition coefficient (Wildman–Crippen LogP) is 2.51. The van der Waals surface area contributed by atoms with Crippen molar-refractivity contribution in [3.05, 3.63) is 41.7 Å². The fourth-order valence-corrected chi connectivity index (χ4v) is 2.62. The first-order chi connectivity index (χ1) is 13.4. The van der Waals surface area contributed by atoms with Crippen molar-refractivity contribution < 1.29 is 28.4 Å². The average molecular weight is 388 g/mol. The molecule has 150 valence electrons. The lowest BCUT2D eigenvalue weighted by molar-refractivity contribution is -0.147. The van der Waals surface area contributed by atoms with Gasteiger partial charge in [-0.1, -0.05) is 55.8 Å². The van der Waals surface area contributed by atoms with Gasteiger partial charge in [-0.2, -0.15) is 0 Å². The van der Waals surface area contributed by atoms with Crippen molar-refractivity contribution in [3.8, 4) is 11.3 Å². The molecule has 1 aromatic carbocycles. The summed E-state index contributed by atoms with van der Waals surface area (Å²) in [5, 5.41) is 6.46. The minimum absolute atomic E-state index is 0.128.